The van der Waals surface area contributed by atoms with E-state index in [1.54, 1.807) is 26.4 Å². The zero-order chi connectivity index (χ0) is 22.0. The topological polar surface area (TPSA) is 90.2 Å². The number of anilines is 1. The number of hydrogen-bond donors (Lipinski definition) is 0. The van der Waals surface area contributed by atoms with Gasteiger partial charge in [-0.15, -0.1) is 0 Å². The molecule has 0 saturated carbocycles. The highest BCUT2D eigenvalue weighted by atomic mass is 16.5. The summed E-state index contributed by atoms with van der Waals surface area (Å²) in [5, 5.41) is 0. The Kier molecular flexibility index (Phi) is 5.79. The summed E-state index contributed by atoms with van der Waals surface area (Å²) in [6.45, 7) is 3.17. The van der Waals surface area contributed by atoms with E-state index in [4.69, 9.17) is 9.72 Å². The summed E-state index contributed by atoms with van der Waals surface area (Å²) >= 11 is 0. The molecule has 1 unspecified atom stereocenters. The van der Waals surface area contributed by atoms with E-state index in [1.165, 1.54) is 17.0 Å². The van der Waals surface area contributed by atoms with Crippen LogP contribution in [0.15, 0.2) is 47.7 Å². The third-order valence-corrected chi connectivity index (χ3v) is 5.65. The van der Waals surface area contributed by atoms with Gasteiger partial charge < -0.3 is 9.64 Å². The van der Waals surface area contributed by atoms with Crippen LogP contribution in [0.2, 0.25) is 0 Å². The highest BCUT2D eigenvalue weighted by Gasteiger charge is 2.30. The number of piperidine rings is 1. The summed E-state index contributed by atoms with van der Waals surface area (Å²) in [6.07, 6.45) is 4.66. The van der Waals surface area contributed by atoms with Crippen LogP contribution < -0.4 is 15.2 Å². The summed E-state index contributed by atoms with van der Waals surface area (Å²) in [5.41, 5.74) is 2.52. The number of benzene rings is 1. The molecular weight excluding hydrogens is 394 g/mol. The van der Waals surface area contributed by atoms with Crippen molar-refractivity contribution in [2.45, 2.75) is 19.8 Å². The average Bonchev–Trinajstić information content (AvgIpc) is 2.81. The number of aryl methyl sites for hydroxylation is 1. The second-order valence-electron chi connectivity index (χ2n) is 7.79. The molecule has 1 aromatic carbocycles. The molecule has 0 amide bonds. The lowest BCUT2D eigenvalue weighted by Crippen LogP contribution is -2.42. The number of methoxy groups -OCH3 is 1. The summed E-state index contributed by atoms with van der Waals surface area (Å²) in [4.78, 5) is 40.8. The molecule has 0 bridgehead atoms. The van der Waals surface area contributed by atoms with Gasteiger partial charge in [-0.05, 0) is 38.0 Å². The van der Waals surface area contributed by atoms with E-state index in [9.17, 15) is 9.59 Å². The summed E-state index contributed by atoms with van der Waals surface area (Å²) in [5.74, 6) is 0.977. The summed E-state index contributed by atoms with van der Waals surface area (Å²) < 4.78 is 6.94. The average molecular weight is 419 g/mol. The van der Waals surface area contributed by atoms with Crippen molar-refractivity contribution in [3.63, 3.8) is 0 Å². The minimum Gasteiger partial charge on any atom is -0.496 e. The fourth-order valence-electron chi connectivity index (χ4n) is 3.99. The smallest absolute Gasteiger partial charge is 0.255 e. The van der Waals surface area contributed by atoms with Gasteiger partial charge in [-0.3, -0.25) is 14.2 Å². The minimum atomic E-state index is -0.205. The van der Waals surface area contributed by atoms with Crippen LogP contribution in [0.4, 0.5) is 5.95 Å². The molecule has 0 aliphatic carbocycles. The van der Waals surface area contributed by atoms with Crippen LogP contribution in [0.3, 0.4) is 0 Å². The number of rotatable bonds is 5. The Balaban J connectivity index is 1.65. The molecule has 1 aliphatic rings. The van der Waals surface area contributed by atoms with Crippen LogP contribution in [0, 0.1) is 12.8 Å². The van der Waals surface area contributed by atoms with Crippen LogP contribution in [0.1, 0.15) is 28.8 Å². The number of aromatic nitrogens is 4. The molecule has 3 heterocycles. The van der Waals surface area contributed by atoms with Crippen LogP contribution in [0.5, 0.6) is 5.75 Å². The first-order valence-electron chi connectivity index (χ1n) is 10.3. The second kappa shape index (κ2) is 8.67. The van der Waals surface area contributed by atoms with Gasteiger partial charge in [0, 0.05) is 38.3 Å². The van der Waals surface area contributed by atoms with Crippen LogP contribution >= 0.6 is 0 Å². The molecule has 1 saturated heterocycles. The number of ketones is 1. The van der Waals surface area contributed by atoms with Crippen LogP contribution in [-0.2, 0) is 7.05 Å². The molecule has 1 aliphatic heterocycles. The highest BCUT2D eigenvalue weighted by Crippen LogP contribution is 2.29. The standard InChI is InChI=1S/C23H25N5O3/c1-15-6-7-20(31-3)17(11-15)22(30)16-5-4-10-28(13-16)23-26-19(12-21(29)27(23)2)18-8-9-24-14-25-18/h6-9,11-12,14,16H,4-5,10,13H2,1-3H3. The van der Waals surface area contributed by atoms with Gasteiger partial charge >= 0.3 is 0 Å². The quantitative estimate of drug-likeness (QED) is 0.587. The first-order valence-corrected chi connectivity index (χ1v) is 10.3. The molecule has 8 nitrogen and oxygen atoms in total. The lowest BCUT2D eigenvalue weighted by Gasteiger charge is -2.33. The van der Waals surface area contributed by atoms with E-state index >= 15 is 0 Å². The SMILES string of the molecule is COc1ccc(C)cc1C(=O)C1CCCN(c2nc(-c3ccncn3)cc(=O)n2C)C1. The van der Waals surface area contributed by atoms with Crippen molar-refractivity contribution in [2.24, 2.45) is 13.0 Å². The summed E-state index contributed by atoms with van der Waals surface area (Å²) in [6, 6.07) is 8.83. The third kappa shape index (κ3) is 4.19. The van der Waals surface area contributed by atoms with Gasteiger partial charge in [0.15, 0.2) is 5.78 Å². The van der Waals surface area contributed by atoms with E-state index in [0.717, 1.165) is 24.9 Å². The van der Waals surface area contributed by atoms with Gasteiger partial charge in [0.05, 0.1) is 24.1 Å². The Morgan fingerprint density at radius 3 is 2.77 bits per heavy atom. The molecule has 2 aromatic heterocycles. The molecule has 1 atom stereocenters. The van der Waals surface area contributed by atoms with Gasteiger partial charge in [-0.1, -0.05) is 11.6 Å². The normalized spacial score (nSPS) is 16.2. The Hall–Kier alpha value is -3.55. The van der Waals surface area contributed by atoms with Gasteiger partial charge in [0.25, 0.3) is 5.56 Å². The Bertz CT molecular complexity index is 1160. The fraction of sp³-hybridized carbons (Fsp3) is 0.348. The van der Waals surface area contributed by atoms with Crippen molar-refractivity contribution < 1.29 is 9.53 Å². The van der Waals surface area contributed by atoms with Crippen molar-refractivity contribution in [1.29, 1.82) is 0 Å². The zero-order valence-electron chi connectivity index (χ0n) is 17.9. The Morgan fingerprint density at radius 1 is 1.19 bits per heavy atom. The highest BCUT2D eigenvalue weighted by molar-refractivity contribution is 6.00. The number of hydrogen-bond acceptors (Lipinski definition) is 7. The van der Waals surface area contributed by atoms with E-state index in [0.29, 0.717) is 35.2 Å². The van der Waals surface area contributed by atoms with Crippen molar-refractivity contribution in [1.82, 2.24) is 19.5 Å². The van der Waals surface area contributed by atoms with Gasteiger partial charge in [-0.25, -0.2) is 15.0 Å². The van der Waals surface area contributed by atoms with E-state index in [2.05, 4.69) is 9.97 Å². The third-order valence-electron chi connectivity index (χ3n) is 5.65. The first-order chi connectivity index (χ1) is 15.0. The lowest BCUT2D eigenvalue weighted by molar-refractivity contribution is 0.0903. The number of ether oxygens (including phenoxy) is 1. The fourth-order valence-corrected chi connectivity index (χ4v) is 3.99. The molecule has 160 valence electrons. The van der Waals surface area contributed by atoms with Crippen molar-refractivity contribution in [3.8, 4) is 17.1 Å². The Morgan fingerprint density at radius 2 is 2.03 bits per heavy atom. The van der Waals surface area contributed by atoms with Gasteiger partial charge in [0.2, 0.25) is 5.95 Å². The molecule has 3 aromatic rings. The Labute approximate surface area is 180 Å². The van der Waals surface area contributed by atoms with Gasteiger partial charge in [-0.2, -0.15) is 0 Å². The molecule has 1 fully saturated rings. The molecule has 0 radical (unpaired) electrons. The minimum absolute atomic E-state index is 0.0576. The van der Waals surface area contributed by atoms with E-state index < -0.39 is 0 Å². The predicted octanol–water partition coefficient (Wildman–Crippen LogP) is 2.65. The van der Waals surface area contributed by atoms with E-state index in [1.807, 2.05) is 30.0 Å². The number of carbonyl (C=O) groups excluding carboxylic acids is 1. The van der Waals surface area contributed by atoms with Crippen molar-refractivity contribution >= 4 is 11.7 Å². The monoisotopic (exact) mass is 419 g/mol. The maximum absolute atomic E-state index is 13.3. The summed E-state index contributed by atoms with van der Waals surface area (Å²) in [7, 11) is 3.27. The predicted molar refractivity (Wildman–Crippen MR) is 118 cm³/mol. The van der Waals surface area contributed by atoms with Crippen LogP contribution in [0.25, 0.3) is 11.4 Å². The maximum atomic E-state index is 13.3. The number of Topliss-reactive ketones (excluding diaryl/α,β-unsaturated/α-hetero) is 1. The van der Waals surface area contributed by atoms with Crippen molar-refractivity contribution in [3.05, 3.63) is 64.3 Å². The second-order valence-corrected chi connectivity index (χ2v) is 7.79. The maximum Gasteiger partial charge on any atom is 0.255 e. The lowest BCUT2D eigenvalue weighted by atomic mass is 9.89. The van der Waals surface area contributed by atoms with Gasteiger partial charge in [0.1, 0.15) is 12.1 Å². The molecule has 0 N–H and O–H groups in total. The first kappa shape index (κ1) is 20.7. The zero-order valence-corrected chi connectivity index (χ0v) is 17.9. The molecule has 8 heteroatoms. The number of carbonyl (C=O) groups is 1. The van der Waals surface area contributed by atoms with E-state index in [-0.39, 0.29) is 17.3 Å². The molecule has 0 spiro atoms. The molecular formula is C23H25N5O3. The molecule has 31 heavy (non-hydrogen) atoms. The van der Waals surface area contributed by atoms with Crippen LogP contribution in [-0.4, -0.2) is 45.5 Å². The van der Waals surface area contributed by atoms with Crippen molar-refractivity contribution in [2.75, 3.05) is 25.1 Å². The largest absolute Gasteiger partial charge is 0.496 e. The number of nitrogens with zero attached hydrogens (tertiary/aromatic N) is 5. The molecule has 4 rings (SSSR count).